The molecule has 7 nitrogen and oxygen atoms in total. The van der Waals surface area contributed by atoms with Crippen molar-refractivity contribution in [1.82, 2.24) is 15.2 Å². The fourth-order valence-electron chi connectivity index (χ4n) is 5.54. The van der Waals surface area contributed by atoms with Crippen molar-refractivity contribution in [3.8, 4) is 5.75 Å². The average Bonchev–Trinajstić information content (AvgIpc) is 3.45. The number of aromatic nitrogens is 1. The molecule has 0 bridgehead atoms. The highest BCUT2D eigenvalue weighted by molar-refractivity contribution is 8.76. The topological polar surface area (TPSA) is 89.4 Å². The lowest BCUT2D eigenvalue weighted by Crippen LogP contribution is -2.27. The number of rotatable bonds is 25. The number of nitrogens with zero attached hydrogens (tertiary/aromatic N) is 1. The monoisotopic (exact) mass is 801 g/mol. The largest absolute Gasteiger partial charge is 0.497 e. The van der Waals surface area contributed by atoms with E-state index >= 15 is 0 Å². The molecular weight excluding hydrogens is 746 g/mol. The van der Waals surface area contributed by atoms with E-state index in [1.807, 2.05) is 25.1 Å². The van der Waals surface area contributed by atoms with Gasteiger partial charge in [-0.1, -0.05) is 113 Å². The van der Waals surface area contributed by atoms with Crippen molar-refractivity contribution in [2.75, 3.05) is 31.7 Å². The second-order valence-electron chi connectivity index (χ2n) is 12.6. The summed E-state index contributed by atoms with van der Waals surface area (Å²) in [4.78, 5) is 38.7. The van der Waals surface area contributed by atoms with Crippen molar-refractivity contribution in [1.29, 1.82) is 0 Å². The molecule has 0 radical (unpaired) electrons. The predicted molar refractivity (Wildman–Crippen MR) is 236 cm³/mol. The molecule has 0 unspecified atom stereocenters. The summed E-state index contributed by atoms with van der Waals surface area (Å²) < 4.78 is 7.09. The molecular formula is C45H56ClN3O4S2. The van der Waals surface area contributed by atoms with Gasteiger partial charge in [0.25, 0.3) is 5.91 Å². The minimum atomic E-state index is -0.189. The highest BCUT2D eigenvalue weighted by Crippen LogP contribution is 2.31. The number of ether oxygens (including phenoxy) is 1. The zero-order valence-corrected chi connectivity index (χ0v) is 34.8. The van der Waals surface area contributed by atoms with Crippen LogP contribution in [-0.4, -0.2) is 54.0 Å². The van der Waals surface area contributed by atoms with Crippen LogP contribution < -0.4 is 15.4 Å². The summed E-state index contributed by atoms with van der Waals surface area (Å²) in [6.45, 7) is 5.13. The number of fused-ring (bicyclic) bond motifs is 1. The molecule has 3 aromatic rings. The number of carbonyl (C=O) groups is 3. The Morgan fingerprint density at radius 3 is 1.80 bits per heavy atom. The number of hydrogen-bond acceptors (Lipinski definition) is 6. The van der Waals surface area contributed by atoms with Crippen molar-refractivity contribution < 1.29 is 19.1 Å². The van der Waals surface area contributed by atoms with Crippen molar-refractivity contribution in [3.63, 3.8) is 0 Å². The van der Waals surface area contributed by atoms with Crippen LogP contribution in [-0.2, 0) is 16.0 Å². The van der Waals surface area contributed by atoms with Gasteiger partial charge in [0, 0.05) is 52.7 Å². The van der Waals surface area contributed by atoms with E-state index in [0.717, 1.165) is 67.4 Å². The number of halogens is 1. The van der Waals surface area contributed by atoms with Crippen LogP contribution in [0.3, 0.4) is 0 Å². The van der Waals surface area contributed by atoms with Crippen LogP contribution in [0.15, 0.2) is 115 Å². The number of nitrogens with one attached hydrogen (secondary N) is 2. The van der Waals surface area contributed by atoms with E-state index in [9.17, 15) is 14.4 Å². The normalized spacial score (nSPS) is 12.1. The average molecular weight is 803 g/mol. The molecule has 0 saturated carbocycles. The molecule has 55 heavy (non-hydrogen) atoms. The van der Waals surface area contributed by atoms with Gasteiger partial charge in [0.1, 0.15) is 5.75 Å². The first-order chi connectivity index (χ1) is 26.8. The summed E-state index contributed by atoms with van der Waals surface area (Å²) in [5.74, 6) is 1.92. The Labute approximate surface area is 340 Å². The lowest BCUT2D eigenvalue weighted by molar-refractivity contribution is -0.121. The third-order valence-corrected chi connectivity index (χ3v) is 11.1. The maximum atomic E-state index is 13.5. The number of carbonyl (C=O) groups excluding carboxylic acids is 3. The fourth-order valence-corrected chi connectivity index (χ4v) is 7.48. The molecule has 0 aliphatic heterocycles. The highest BCUT2D eigenvalue weighted by Gasteiger charge is 2.22. The Bertz CT molecular complexity index is 1820. The van der Waals surface area contributed by atoms with Gasteiger partial charge in [-0.05, 0) is 99.9 Å². The smallest absolute Gasteiger partial charge is 0.262 e. The molecule has 0 aliphatic rings. The maximum absolute atomic E-state index is 13.5. The molecule has 10 heteroatoms. The SMILES string of the molecule is CC/C=C\C/C=C\C/C=C\C/C=C\C/C=C\C/C=C\CCC(=O)NCCSSCCNC(=O)Cc1c(C)n(C(=O)c2ccc(Cl)cc2)c2ccc(OC)cc12. The summed E-state index contributed by atoms with van der Waals surface area (Å²) >= 11 is 6.04. The number of hydrogen-bond donors (Lipinski definition) is 2. The quantitative estimate of drug-likeness (QED) is 0.0504. The molecule has 2 amide bonds. The van der Waals surface area contributed by atoms with Gasteiger partial charge < -0.3 is 15.4 Å². The van der Waals surface area contributed by atoms with Crippen molar-refractivity contribution in [2.24, 2.45) is 0 Å². The number of methoxy groups -OCH3 is 1. The molecule has 2 N–H and O–H groups in total. The van der Waals surface area contributed by atoms with Gasteiger partial charge in [-0.25, -0.2) is 0 Å². The fraction of sp³-hybridized carbons (Fsp3) is 0.356. The Kier molecular flexibility index (Phi) is 22.5. The highest BCUT2D eigenvalue weighted by atomic mass is 35.5. The van der Waals surface area contributed by atoms with E-state index in [1.165, 1.54) is 0 Å². The summed E-state index contributed by atoms with van der Waals surface area (Å²) in [7, 11) is 4.92. The third-order valence-electron chi connectivity index (χ3n) is 8.41. The first kappa shape index (κ1) is 45.2. The summed E-state index contributed by atoms with van der Waals surface area (Å²) in [6.07, 6.45) is 33.3. The van der Waals surface area contributed by atoms with Gasteiger partial charge in [-0.2, -0.15) is 0 Å². The van der Waals surface area contributed by atoms with Gasteiger partial charge in [-0.15, -0.1) is 0 Å². The second-order valence-corrected chi connectivity index (χ2v) is 15.7. The first-order valence-corrected chi connectivity index (χ1v) is 21.9. The Morgan fingerprint density at radius 1 is 0.727 bits per heavy atom. The van der Waals surface area contributed by atoms with Gasteiger partial charge in [-0.3, -0.25) is 19.0 Å². The molecule has 294 valence electrons. The van der Waals surface area contributed by atoms with Crippen LogP contribution in [0.25, 0.3) is 10.9 Å². The third kappa shape index (κ3) is 17.4. The van der Waals surface area contributed by atoms with Gasteiger partial charge in [0.2, 0.25) is 11.8 Å². The molecule has 2 aromatic carbocycles. The van der Waals surface area contributed by atoms with E-state index < -0.39 is 0 Å². The molecule has 0 atom stereocenters. The van der Waals surface area contributed by atoms with E-state index in [1.54, 1.807) is 57.5 Å². The molecule has 3 rings (SSSR count). The molecule has 0 fully saturated rings. The lowest BCUT2D eigenvalue weighted by Gasteiger charge is -2.08. The van der Waals surface area contributed by atoms with Crippen LogP contribution in [0.5, 0.6) is 5.75 Å². The maximum Gasteiger partial charge on any atom is 0.262 e. The van der Waals surface area contributed by atoms with Crippen LogP contribution in [0.1, 0.15) is 79.9 Å². The van der Waals surface area contributed by atoms with E-state index in [-0.39, 0.29) is 24.1 Å². The number of amides is 2. The summed E-state index contributed by atoms with van der Waals surface area (Å²) in [6, 6.07) is 12.3. The van der Waals surface area contributed by atoms with Crippen molar-refractivity contribution in [3.05, 3.63) is 137 Å². The Balaban J connectivity index is 1.24. The predicted octanol–water partition coefficient (Wildman–Crippen LogP) is 10.9. The zero-order valence-electron chi connectivity index (χ0n) is 32.4. The summed E-state index contributed by atoms with van der Waals surface area (Å²) in [5.41, 5.74) is 2.72. The van der Waals surface area contributed by atoms with Gasteiger partial charge in [0.05, 0.1) is 19.0 Å². The minimum absolute atomic E-state index is 0.0570. The molecule has 0 aliphatic carbocycles. The minimum Gasteiger partial charge on any atom is -0.497 e. The van der Waals surface area contributed by atoms with E-state index in [2.05, 4.69) is 90.5 Å². The number of allylic oxidation sites excluding steroid dienone is 12. The zero-order chi connectivity index (χ0) is 39.5. The first-order valence-electron chi connectivity index (χ1n) is 19.0. The van der Waals surface area contributed by atoms with E-state index in [0.29, 0.717) is 47.1 Å². The molecule has 0 saturated heterocycles. The van der Waals surface area contributed by atoms with Gasteiger partial charge >= 0.3 is 0 Å². The lowest BCUT2D eigenvalue weighted by atomic mass is 10.1. The molecule has 1 heterocycles. The summed E-state index contributed by atoms with van der Waals surface area (Å²) in [5, 5.41) is 7.34. The van der Waals surface area contributed by atoms with Crippen LogP contribution in [0, 0.1) is 6.92 Å². The van der Waals surface area contributed by atoms with Crippen LogP contribution in [0.2, 0.25) is 5.02 Å². The van der Waals surface area contributed by atoms with Gasteiger partial charge in [0.15, 0.2) is 0 Å². The Hall–Kier alpha value is -4.18. The molecule has 0 spiro atoms. The second kappa shape index (κ2) is 27.4. The number of benzene rings is 2. The Morgan fingerprint density at radius 2 is 1.25 bits per heavy atom. The molecule has 1 aromatic heterocycles. The van der Waals surface area contributed by atoms with Crippen molar-refractivity contribution >= 4 is 61.8 Å². The van der Waals surface area contributed by atoms with Crippen molar-refractivity contribution in [2.45, 2.75) is 71.6 Å². The van der Waals surface area contributed by atoms with Crippen LogP contribution >= 0.6 is 33.2 Å². The standard InChI is InChI=1S/C45H56ClN3O4S2/c1-4-5-6-7-8-9-10-11-12-13-14-15-16-17-18-19-20-21-22-23-43(50)47-30-32-54-55-33-31-48-44(51)35-40-36(2)49(42-29-28-39(53-3)34-41(40)42)45(52)37-24-26-38(46)27-25-37/h5-6,8-9,11-12,14-15,17-18,20-21,24-29,34H,4,7,10,13,16,19,22-23,30-33,35H2,1-3H3,(H,47,50)(H,48,51)/b6-5-,9-8-,12-11-,15-14-,18-17-,21-20-. The van der Waals surface area contributed by atoms with Crippen LogP contribution in [0.4, 0.5) is 0 Å². The van der Waals surface area contributed by atoms with E-state index in [4.69, 9.17) is 16.3 Å².